The number of hydrogen-bond acceptors (Lipinski definition) is 1. The first-order chi connectivity index (χ1) is 8.00. The quantitative estimate of drug-likeness (QED) is 0.804. The lowest BCUT2D eigenvalue weighted by Crippen LogP contribution is -1.93. The van der Waals surface area contributed by atoms with Gasteiger partial charge < -0.3 is 5.11 Å². The average molecular weight is 255 g/mol. The number of benzene rings is 2. The van der Waals surface area contributed by atoms with E-state index in [0.29, 0.717) is 5.02 Å². The van der Waals surface area contributed by atoms with Gasteiger partial charge in [-0.1, -0.05) is 23.7 Å². The number of halogens is 3. The molecule has 0 aliphatic heterocycles. The maximum Gasteiger partial charge on any atom is 0.167 e. The van der Waals surface area contributed by atoms with Crippen molar-refractivity contribution in [2.75, 3.05) is 0 Å². The zero-order valence-corrected chi connectivity index (χ0v) is 9.72. The lowest BCUT2D eigenvalue weighted by molar-refractivity contribution is 0.475. The molecule has 0 atom stereocenters. The Morgan fingerprint density at radius 3 is 2.41 bits per heavy atom. The minimum atomic E-state index is -0.984. The molecule has 0 amide bonds. The lowest BCUT2D eigenvalue weighted by atomic mass is 10.0. The molecule has 2 aromatic rings. The Labute approximate surface area is 102 Å². The monoisotopic (exact) mass is 254 g/mol. The zero-order chi connectivity index (χ0) is 12.6. The summed E-state index contributed by atoms with van der Waals surface area (Å²) in [6.45, 7) is 1.47. The van der Waals surface area contributed by atoms with E-state index < -0.39 is 11.6 Å². The fraction of sp³-hybridized carbons (Fsp3) is 0.0769. The van der Waals surface area contributed by atoms with Crippen LogP contribution in [0.25, 0.3) is 11.1 Å². The van der Waals surface area contributed by atoms with E-state index in [1.54, 1.807) is 0 Å². The molecule has 0 saturated carbocycles. The van der Waals surface area contributed by atoms with Crippen molar-refractivity contribution in [1.29, 1.82) is 0 Å². The third-order valence-corrected chi connectivity index (χ3v) is 2.76. The van der Waals surface area contributed by atoms with Gasteiger partial charge in [-0.2, -0.15) is 0 Å². The molecule has 2 aromatic carbocycles. The van der Waals surface area contributed by atoms with Crippen molar-refractivity contribution in [2.45, 2.75) is 6.92 Å². The van der Waals surface area contributed by atoms with Crippen LogP contribution in [0, 0.1) is 18.6 Å². The van der Waals surface area contributed by atoms with Crippen molar-refractivity contribution in [3.63, 3.8) is 0 Å². The van der Waals surface area contributed by atoms with E-state index in [-0.39, 0.29) is 22.4 Å². The zero-order valence-electron chi connectivity index (χ0n) is 8.97. The Kier molecular flexibility index (Phi) is 3.03. The second kappa shape index (κ2) is 4.34. The predicted octanol–water partition coefficient (Wildman–Crippen LogP) is 4.30. The van der Waals surface area contributed by atoms with Gasteiger partial charge in [-0.15, -0.1) is 0 Å². The fourth-order valence-electron chi connectivity index (χ4n) is 1.58. The predicted molar refractivity (Wildman–Crippen MR) is 63.2 cm³/mol. The molecule has 0 aliphatic rings. The SMILES string of the molecule is Cc1ccc(-c2cc(Cl)ccc2O)c(F)c1F. The molecule has 4 heteroatoms. The highest BCUT2D eigenvalue weighted by atomic mass is 35.5. The Balaban J connectivity index is 2.69. The highest BCUT2D eigenvalue weighted by molar-refractivity contribution is 6.31. The Bertz CT molecular complexity index is 582. The van der Waals surface area contributed by atoms with Crippen LogP contribution in [-0.2, 0) is 0 Å². The van der Waals surface area contributed by atoms with Crippen LogP contribution in [0.5, 0.6) is 5.75 Å². The van der Waals surface area contributed by atoms with Gasteiger partial charge >= 0.3 is 0 Å². The summed E-state index contributed by atoms with van der Waals surface area (Å²) in [4.78, 5) is 0. The highest BCUT2D eigenvalue weighted by Crippen LogP contribution is 2.34. The van der Waals surface area contributed by atoms with Crippen LogP contribution in [0.15, 0.2) is 30.3 Å². The van der Waals surface area contributed by atoms with E-state index in [1.807, 2.05) is 0 Å². The van der Waals surface area contributed by atoms with E-state index >= 15 is 0 Å². The van der Waals surface area contributed by atoms with Crippen LogP contribution in [0.4, 0.5) is 8.78 Å². The summed E-state index contributed by atoms with van der Waals surface area (Å²) in [5.74, 6) is -2.04. The van der Waals surface area contributed by atoms with Crippen molar-refractivity contribution >= 4 is 11.6 Å². The molecule has 0 fully saturated rings. The maximum absolute atomic E-state index is 13.7. The van der Waals surface area contributed by atoms with E-state index in [0.717, 1.165) is 0 Å². The van der Waals surface area contributed by atoms with E-state index in [9.17, 15) is 13.9 Å². The first kappa shape index (κ1) is 11.9. The van der Waals surface area contributed by atoms with E-state index in [4.69, 9.17) is 11.6 Å². The number of aromatic hydroxyl groups is 1. The van der Waals surface area contributed by atoms with Crippen LogP contribution < -0.4 is 0 Å². The molecule has 0 saturated heterocycles. The van der Waals surface area contributed by atoms with Gasteiger partial charge in [0.15, 0.2) is 11.6 Å². The number of aryl methyl sites for hydroxylation is 1. The first-order valence-electron chi connectivity index (χ1n) is 4.94. The molecule has 2 rings (SSSR count). The number of phenols is 1. The topological polar surface area (TPSA) is 20.2 Å². The lowest BCUT2D eigenvalue weighted by Gasteiger charge is -2.08. The summed E-state index contributed by atoms with van der Waals surface area (Å²) in [5.41, 5.74) is 0.384. The van der Waals surface area contributed by atoms with Gasteiger partial charge in [0.05, 0.1) is 0 Å². The third-order valence-electron chi connectivity index (χ3n) is 2.52. The van der Waals surface area contributed by atoms with Gasteiger partial charge in [0.1, 0.15) is 5.75 Å². The van der Waals surface area contributed by atoms with Crippen LogP contribution in [0.2, 0.25) is 5.02 Å². The molecule has 1 nitrogen and oxygen atoms in total. The van der Waals surface area contributed by atoms with Gasteiger partial charge in [-0.25, -0.2) is 8.78 Å². The average Bonchev–Trinajstić information content (AvgIpc) is 2.30. The summed E-state index contributed by atoms with van der Waals surface area (Å²) >= 11 is 5.76. The Morgan fingerprint density at radius 1 is 1.00 bits per heavy atom. The van der Waals surface area contributed by atoms with Crippen molar-refractivity contribution in [1.82, 2.24) is 0 Å². The molecule has 88 valence electrons. The molecular formula is C13H9ClF2O. The molecule has 0 radical (unpaired) electrons. The van der Waals surface area contributed by atoms with Crippen molar-refractivity contribution in [2.24, 2.45) is 0 Å². The van der Waals surface area contributed by atoms with E-state index in [1.165, 1.54) is 37.3 Å². The molecule has 0 heterocycles. The summed E-state index contributed by atoms with van der Waals surface area (Å²) < 4.78 is 27.2. The largest absolute Gasteiger partial charge is 0.507 e. The van der Waals surface area contributed by atoms with Crippen molar-refractivity contribution in [3.05, 3.63) is 52.6 Å². The Morgan fingerprint density at radius 2 is 1.71 bits per heavy atom. The third kappa shape index (κ3) is 2.11. The molecule has 0 spiro atoms. The molecule has 17 heavy (non-hydrogen) atoms. The number of phenolic OH excluding ortho intramolecular Hbond substituents is 1. The first-order valence-corrected chi connectivity index (χ1v) is 5.32. The molecule has 0 bridgehead atoms. The second-order valence-electron chi connectivity index (χ2n) is 3.72. The smallest absolute Gasteiger partial charge is 0.167 e. The molecule has 0 unspecified atom stereocenters. The van der Waals surface area contributed by atoms with E-state index in [2.05, 4.69) is 0 Å². The van der Waals surface area contributed by atoms with Crippen LogP contribution >= 0.6 is 11.6 Å². The molecular weight excluding hydrogens is 246 g/mol. The molecule has 0 aliphatic carbocycles. The van der Waals surface area contributed by atoms with Crippen LogP contribution in [-0.4, -0.2) is 5.11 Å². The molecule has 0 aromatic heterocycles. The fourth-order valence-corrected chi connectivity index (χ4v) is 1.75. The summed E-state index contributed by atoms with van der Waals surface area (Å²) in [7, 11) is 0. The summed E-state index contributed by atoms with van der Waals surface area (Å²) in [5, 5.41) is 9.97. The van der Waals surface area contributed by atoms with Crippen LogP contribution in [0.1, 0.15) is 5.56 Å². The maximum atomic E-state index is 13.7. The van der Waals surface area contributed by atoms with Crippen LogP contribution in [0.3, 0.4) is 0 Å². The molecule has 1 N–H and O–H groups in total. The van der Waals surface area contributed by atoms with Gasteiger partial charge in [0.25, 0.3) is 0 Å². The minimum absolute atomic E-state index is 0.00639. The number of hydrogen-bond donors (Lipinski definition) is 1. The minimum Gasteiger partial charge on any atom is -0.507 e. The summed E-state index contributed by atoms with van der Waals surface area (Å²) in [6.07, 6.45) is 0. The standard InChI is InChI=1S/C13H9ClF2O/c1-7-2-4-9(13(16)12(7)15)10-6-8(14)3-5-11(10)17/h2-6,17H,1H3. The van der Waals surface area contributed by atoms with Gasteiger partial charge in [0, 0.05) is 16.1 Å². The number of rotatable bonds is 1. The summed E-state index contributed by atoms with van der Waals surface area (Å²) in [6, 6.07) is 7.08. The normalized spacial score (nSPS) is 10.6. The van der Waals surface area contributed by atoms with Crippen molar-refractivity contribution < 1.29 is 13.9 Å². The van der Waals surface area contributed by atoms with Crippen molar-refractivity contribution in [3.8, 4) is 16.9 Å². The van der Waals surface area contributed by atoms with Gasteiger partial charge in [-0.3, -0.25) is 0 Å². The van der Waals surface area contributed by atoms with Gasteiger partial charge in [-0.05, 0) is 30.7 Å². The highest BCUT2D eigenvalue weighted by Gasteiger charge is 2.15. The van der Waals surface area contributed by atoms with Gasteiger partial charge in [0.2, 0.25) is 0 Å². The Hall–Kier alpha value is -1.61. The second-order valence-corrected chi connectivity index (χ2v) is 4.16.